The lowest BCUT2D eigenvalue weighted by molar-refractivity contribution is -0.141. The first-order chi connectivity index (χ1) is 12.0. The molecule has 1 aromatic rings. The van der Waals surface area contributed by atoms with Crippen LogP contribution < -0.4 is 4.90 Å². The molecule has 0 bridgehead atoms. The van der Waals surface area contributed by atoms with Crippen LogP contribution in [0, 0.1) is 5.82 Å². The van der Waals surface area contributed by atoms with Gasteiger partial charge in [0.2, 0.25) is 11.8 Å². The maximum Gasteiger partial charge on any atom is 0.257 e. The van der Waals surface area contributed by atoms with Gasteiger partial charge in [0, 0.05) is 12.5 Å². The van der Waals surface area contributed by atoms with Gasteiger partial charge in [-0.25, -0.2) is 9.29 Å². The predicted molar refractivity (Wildman–Crippen MR) is 91.3 cm³/mol. The fraction of sp³-hybridized carbons (Fsp3) is 0.526. The van der Waals surface area contributed by atoms with E-state index in [0.717, 1.165) is 30.6 Å². The Bertz CT molecular complexity index is 668. The van der Waals surface area contributed by atoms with Crippen molar-refractivity contribution in [3.8, 4) is 0 Å². The molecule has 1 aliphatic carbocycles. The largest absolute Gasteiger partial charge is 0.327 e. The van der Waals surface area contributed by atoms with Crippen LogP contribution in [0.5, 0.6) is 0 Å². The van der Waals surface area contributed by atoms with Gasteiger partial charge in [0.05, 0.1) is 12.1 Å². The summed E-state index contributed by atoms with van der Waals surface area (Å²) in [6.07, 6.45) is 4.92. The van der Waals surface area contributed by atoms with Crippen LogP contribution in [-0.4, -0.2) is 34.7 Å². The Balaban J connectivity index is 1.87. The second kappa shape index (κ2) is 7.33. The summed E-state index contributed by atoms with van der Waals surface area (Å²) in [5, 5.41) is 0. The summed E-state index contributed by atoms with van der Waals surface area (Å²) >= 11 is 0. The Hall–Kier alpha value is -2.24. The average Bonchev–Trinajstić information content (AvgIpc) is 3.19. The number of amides is 3. The molecule has 1 aliphatic heterocycles. The molecule has 1 aromatic carbocycles. The van der Waals surface area contributed by atoms with Gasteiger partial charge < -0.3 is 4.90 Å². The molecule has 1 saturated heterocycles. The number of halogens is 1. The molecule has 25 heavy (non-hydrogen) atoms. The molecule has 2 aliphatic rings. The van der Waals surface area contributed by atoms with Gasteiger partial charge in [0.1, 0.15) is 11.9 Å². The van der Waals surface area contributed by atoms with Gasteiger partial charge >= 0.3 is 0 Å². The van der Waals surface area contributed by atoms with E-state index in [0.29, 0.717) is 18.5 Å². The molecule has 1 atom stereocenters. The highest BCUT2D eigenvalue weighted by Gasteiger charge is 2.46. The number of benzene rings is 1. The van der Waals surface area contributed by atoms with Crippen molar-refractivity contribution in [3.63, 3.8) is 0 Å². The zero-order valence-corrected chi connectivity index (χ0v) is 14.4. The lowest BCUT2D eigenvalue weighted by Crippen LogP contribution is -2.50. The predicted octanol–water partition coefficient (Wildman–Crippen LogP) is 3.03. The molecule has 1 heterocycles. The van der Waals surface area contributed by atoms with E-state index in [1.165, 1.54) is 24.3 Å². The van der Waals surface area contributed by atoms with Crippen molar-refractivity contribution in [2.45, 2.75) is 64.0 Å². The van der Waals surface area contributed by atoms with Crippen LogP contribution in [-0.2, 0) is 14.4 Å². The number of anilines is 1. The number of hydrogen-bond acceptors (Lipinski definition) is 3. The van der Waals surface area contributed by atoms with E-state index >= 15 is 0 Å². The first kappa shape index (κ1) is 17.6. The number of carbonyl (C=O) groups is 3. The summed E-state index contributed by atoms with van der Waals surface area (Å²) in [5.74, 6) is -1.20. The van der Waals surface area contributed by atoms with E-state index in [1.54, 1.807) is 4.90 Å². The van der Waals surface area contributed by atoms with E-state index < -0.39 is 11.9 Å². The Morgan fingerprint density at radius 1 is 1.20 bits per heavy atom. The molecule has 0 aromatic heterocycles. The topological polar surface area (TPSA) is 57.7 Å². The fourth-order valence-corrected chi connectivity index (χ4v) is 3.85. The SMILES string of the molecule is CCCC(=O)N(C1CCCC1)C1CC(=O)N(c2ccc(F)cc2)C1=O. The Labute approximate surface area is 146 Å². The first-order valence-electron chi connectivity index (χ1n) is 8.96. The minimum absolute atomic E-state index is 0.00215. The van der Waals surface area contributed by atoms with Crippen LogP contribution in [0.1, 0.15) is 51.9 Å². The number of nitrogens with zero attached hydrogens (tertiary/aromatic N) is 2. The van der Waals surface area contributed by atoms with Gasteiger partial charge in [-0.1, -0.05) is 19.8 Å². The van der Waals surface area contributed by atoms with Gasteiger partial charge in [-0.15, -0.1) is 0 Å². The Morgan fingerprint density at radius 3 is 2.44 bits per heavy atom. The van der Waals surface area contributed by atoms with Crippen molar-refractivity contribution < 1.29 is 18.8 Å². The number of imide groups is 1. The van der Waals surface area contributed by atoms with Crippen molar-refractivity contribution in [1.29, 1.82) is 0 Å². The standard InChI is InChI=1S/C19H23FN2O3/c1-2-5-17(23)21(14-6-3-4-7-14)16-12-18(24)22(19(16)25)15-10-8-13(20)9-11-15/h8-11,14,16H,2-7,12H2,1H3. The molecule has 3 amide bonds. The van der Waals surface area contributed by atoms with E-state index in [9.17, 15) is 18.8 Å². The molecule has 0 spiro atoms. The summed E-state index contributed by atoms with van der Waals surface area (Å²) in [6.45, 7) is 1.93. The monoisotopic (exact) mass is 346 g/mol. The Morgan fingerprint density at radius 2 is 1.84 bits per heavy atom. The van der Waals surface area contributed by atoms with Crippen molar-refractivity contribution >= 4 is 23.4 Å². The molecule has 0 radical (unpaired) electrons. The Kier molecular flexibility index (Phi) is 5.16. The van der Waals surface area contributed by atoms with Crippen molar-refractivity contribution in [1.82, 2.24) is 4.90 Å². The first-order valence-corrected chi connectivity index (χ1v) is 8.96. The smallest absolute Gasteiger partial charge is 0.257 e. The van der Waals surface area contributed by atoms with E-state index in [4.69, 9.17) is 0 Å². The fourth-order valence-electron chi connectivity index (χ4n) is 3.85. The minimum Gasteiger partial charge on any atom is -0.327 e. The minimum atomic E-state index is -0.736. The van der Waals surface area contributed by atoms with Gasteiger partial charge in [-0.2, -0.15) is 0 Å². The van der Waals surface area contributed by atoms with Crippen LogP contribution in [0.2, 0.25) is 0 Å². The maximum atomic E-state index is 13.1. The summed E-state index contributed by atoms with van der Waals surface area (Å²) in [5.41, 5.74) is 0.355. The van der Waals surface area contributed by atoms with Crippen molar-refractivity contribution in [3.05, 3.63) is 30.1 Å². The highest BCUT2D eigenvalue weighted by molar-refractivity contribution is 6.23. The lowest BCUT2D eigenvalue weighted by Gasteiger charge is -2.33. The van der Waals surface area contributed by atoms with Crippen LogP contribution in [0.25, 0.3) is 0 Å². The third-order valence-corrected chi connectivity index (χ3v) is 5.01. The highest BCUT2D eigenvalue weighted by atomic mass is 19.1. The maximum absolute atomic E-state index is 13.1. The third-order valence-electron chi connectivity index (χ3n) is 5.01. The molecule has 1 saturated carbocycles. The summed E-state index contributed by atoms with van der Waals surface area (Å²) in [7, 11) is 0. The van der Waals surface area contributed by atoms with Crippen molar-refractivity contribution in [2.75, 3.05) is 4.90 Å². The molecule has 5 nitrogen and oxygen atoms in total. The van der Waals surface area contributed by atoms with Gasteiger partial charge in [-0.3, -0.25) is 14.4 Å². The van der Waals surface area contributed by atoms with Crippen LogP contribution in [0.4, 0.5) is 10.1 Å². The van der Waals surface area contributed by atoms with Crippen molar-refractivity contribution in [2.24, 2.45) is 0 Å². The van der Waals surface area contributed by atoms with E-state index in [1.807, 2.05) is 6.92 Å². The molecule has 1 unspecified atom stereocenters. The molecular weight excluding hydrogens is 323 g/mol. The van der Waals surface area contributed by atoms with E-state index in [-0.39, 0.29) is 30.2 Å². The van der Waals surface area contributed by atoms with E-state index in [2.05, 4.69) is 0 Å². The van der Waals surface area contributed by atoms with Gasteiger partial charge in [0.25, 0.3) is 5.91 Å². The zero-order valence-electron chi connectivity index (χ0n) is 14.4. The summed E-state index contributed by atoms with van der Waals surface area (Å²) in [6, 6.07) is 4.58. The van der Waals surface area contributed by atoms with Crippen LogP contribution in [0.15, 0.2) is 24.3 Å². The lowest BCUT2D eigenvalue weighted by atomic mass is 10.1. The number of carbonyl (C=O) groups excluding carboxylic acids is 3. The molecule has 3 rings (SSSR count). The van der Waals surface area contributed by atoms with Crippen LogP contribution in [0.3, 0.4) is 0 Å². The zero-order chi connectivity index (χ0) is 18.0. The number of rotatable bonds is 5. The highest BCUT2D eigenvalue weighted by Crippen LogP contribution is 2.32. The third kappa shape index (κ3) is 3.43. The number of hydrogen-bond donors (Lipinski definition) is 0. The quantitative estimate of drug-likeness (QED) is 0.770. The van der Waals surface area contributed by atoms with Gasteiger partial charge in [0.15, 0.2) is 0 Å². The average molecular weight is 346 g/mol. The van der Waals surface area contributed by atoms with Gasteiger partial charge in [-0.05, 0) is 43.5 Å². The summed E-state index contributed by atoms with van der Waals surface area (Å²) < 4.78 is 13.1. The molecule has 134 valence electrons. The molecule has 6 heteroatoms. The van der Waals surface area contributed by atoms with Crippen LogP contribution >= 0.6 is 0 Å². The molecule has 2 fully saturated rings. The summed E-state index contributed by atoms with van der Waals surface area (Å²) in [4.78, 5) is 40.8. The second-order valence-electron chi connectivity index (χ2n) is 6.75. The molecular formula is C19H23FN2O3. The molecule has 0 N–H and O–H groups in total. The normalized spacial score (nSPS) is 21.2. The second-order valence-corrected chi connectivity index (χ2v) is 6.75.